The van der Waals surface area contributed by atoms with Crippen LogP contribution in [0.4, 0.5) is 27.9 Å². The molecule has 3 heterocycles. The van der Waals surface area contributed by atoms with Crippen molar-refractivity contribution in [1.29, 1.82) is 0 Å². The molecule has 0 bridgehead atoms. The average Bonchev–Trinajstić information content (AvgIpc) is 2.77. The van der Waals surface area contributed by atoms with Crippen molar-refractivity contribution in [2.24, 2.45) is 0 Å². The van der Waals surface area contributed by atoms with Crippen molar-refractivity contribution < 1.29 is 4.79 Å². The lowest BCUT2D eigenvalue weighted by Gasteiger charge is -2.35. The molecule has 0 radical (unpaired) electrons. The van der Waals surface area contributed by atoms with Crippen LogP contribution >= 0.6 is 11.6 Å². The molecule has 0 unspecified atom stereocenters. The Balaban J connectivity index is 1.34. The van der Waals surface area contributed by atoms with Gasteiger partial charge >= 0.3 is 6.03 Å². The Labute approximate surface area is 179 Å². The van der Waals surface area contributed by atoms with E-state index in [4.69, 9.17) is 11.6 Å². The van der Waals surface area contributed by atoms with E-state index in [1.54, 1.807) is 17.2 Å². The largest absolute Gasteiger partial charge is 0.353 e. The molecule has 154 valence electrons. The number of benzene rings is 1. The Kier molecular flexibility index (Phi) is 5.94. The molecule has 3 aromatic rings. The number of urea groups is 1. The van der Waals surface area contributed by atoms with Crippen LogP contribution < -0.4 is 15.5 Å². The predicted octanol–water partition coefficient (Wildman–Crippen LogP) is 3.93. The topological polar surface area (TPSA) is 86.3 Å². The summed E-state index contributed by atoms with van der Waals surface area (Å²) in [5.74, 6) is 2.21. The minimum Gasteiger partial charge on any atom is -0.353 e. The number of hydrogen-bond acceptors (Lipinski definition) is 6. The van der Waals surface area contributed by atoms with Gasteiger partial charge in [-0.3, -0.25) is 0 Å². The first-order valence-corrected chi connectivity index (χ1v) is 10.0. The van der Waals surface area contributed by atoms with Crippen LogP contribution in [0.5, 0.6) is 0 Å². The number of halogens is 1. The molecule has 0 atom stereocenters. The Morgan fingerprint density at radius 3 is 2.57 bits per heavy atom. The smallest absolute Gasteiger partial charge is 0.321 e. The van der Waals surface area contributed by atoms with Gasteiger partial charge in [0.15, 0.2) is 0 Å². The van der Waals surface area contributed by atoms with Gasteiger partial charge in [-0.25, -0.2) is 19.7 Å². The van der Waals surface area contributed by atoms with Gasteiger partial charge in [-0.05, 0) is 36.8 Å². The van der Waals surface area contributed by atoms with Crippen LogP contribution in [-0.4, -0.2) is 52.1 Å². The number of nitrogens with one attached hydrogen (secondary N) is 2. The monoisotopic (exact) mass is 423 g/mol. The molecule has 0 saturated carbocycles. The highest BCUT2D eigenvalue weighted by molar-refractivity contribution is 6.31. The van der Waals surface area contributed by atoms with E-state index in [-0.39, 0.29) is 6.03 Å². The third-order valence-electron chi connectivity index (χ3n) is 4.89. The number of carbonyl (C=O) groups excluding carboxylic acids is 1. The van der Waals surface area contributed by atoms with Crippen LogP contribution in [0.1, 0.15) is 5.56 Å². The van der Waals surface area contributed by atoms with Gasteiger partial charge in [0, 0.05) is 49.2 Å². The van der Waals surface area contributed by atoms with E-state index < -0.39 is 0 Å². The number of rotatable bonds is 4. The molecule has 4 rings (SSSR count). The summed E-state index contributed by atoms with van der Waals surface area (Å²) in [5, 5.41) is 6.72. The van der Waals surface area contributed by atoms with Gasteiger partial charge in [0.05, 0.1) is 0 Å². The first-order chi connectivity index (χ1) is 14.6. The quantitative estimate of drug-likeness (QED) is 0.661. The zero-order valence-electron chi connectivity index (χ0n) is 16.5. The van der Waals surface area contributed by atoms with Gasteiger partial charge in [0.25, 0.3) is 0 Å². The van der Waals surface area contributed by atoms with Crippen molar-refractivity contribution in [3.8, 4) is 0 Å². The van der Waals surface area contributed by atoms with Gasteiger partial charge in [0.1, 0.15) is 23.8 Å². The fraction of sp³-hybridized carbons (Fsp3) is 0.238. The molecule has 1 aliphatic rings. The summed E-state index contributed by atoms with van der Waals surface area (Å²) in [5.41, 5.74) is 1.67. The van der Waals surface area contributed by atoms with E-state index in [0.29, 0.717) is 42.7 Å². The maximum atomic E-state index is 12.6. The number of pyridine rings is 1. The summed E-state index contributed by atoms with van der Waals surface area (Å²) in [4.78, 5) is 29.4. The van der Waals surface area contributed by atoms with Crippen molar-refractivity contribution in [1.82, 2.24) is 19.9 Å². The van der Waals surface area contributed by atoms with Gasteiger partial charge in [-0.1, -0.05) is 23.7 Å². The number of amides is 2. The molecule has 2 aromatic heterocycles. The van der Waals surface area contributed by atoms with E-state index in [2.05, 4.69) is 30.5 Å². The predicted molar refractivity (Wildman–Crippen MR) is 119 cm³/mol. The number of piperazine rings is 1. The first kappa shape index (κ1) is 19.9. The summed E-state index contributed by atoms with van der Waals surface area (Å²) in [6.45, 7) is 4.48. The molecule has 1 aliphatic heterocycles. The number of nitrogens with zero attached hydrogens (tertiary/aromatic N) is 5. The first-order valence-electron chi connectivity index (χ1n) is 9.65. The fourth-order valence-corrected chi connectivity index (χ4v) is 3.35. The van der Waals surface area contributed by atoms with Crippen LogP contribution in [0.15, 0.2) is 55.0 Å². The van der Waals surface area contributed by atoms with Crippen molar-refractivity contribution in [3.05, 3.63) is 65.6 Å². The van der Waals surface area contributed by atoms with Crippen LogP contribution in [-0.2, 0) is 0 Å². The van der Waals surface area contributed by atoms with Crippen LogP contribution in [0.25, 0.3) is 0 Å². The summed E-state index contributed by atoms with van der Waals surface area (Å²) in [7, 11) is 0. The van der Waals surface area contributed by atoms with Gasteiger partial charge in [0.2, 0.25) is 0 Å². The Morgan fingerprint density at radius 1 is 1.00 bits per heavy atom. The molecule has 1 saturated heterocycles. The average molecular weight is 424 g/mol. The minimum atomic E-state index is -0.130. The highest BCUT2D eigenvalue weighted by atomic mass is 35.5. The second-order valence-electron chi connectivity index (χ2n) is 6.97. The summed E-state index contributed by atoms with van der Waals surface area (Å²) in [6, 6.07) is 12.9. The zero-order chi connectivity index (χ0) is 20.9. The molecule has 0 spiro atoms. The molecule has 30 heavy (non-hydrogen) atoms. The standard InChI is InChI=1S/C21H22ClN7O/c1-15-5-6-16(12-17(15)22)26-21(30)29-10-8-28(9-11-29)20-13-19(24-14-25-20)27-18-4-2-3-7-23-18/h2-7,12-14H,8-11H2,1H3,(H,26,30)(H,23,24,25,27). The lowest BCUT2D eigenvalue weighted by atomic mass is 10.2. The van der Waals surface area contributed by atoms with Crippen molar-refractivity contribution in [2.45, 2.75) is 6.92 Å². The third kappa shape index (κ3) is 4.77. The second-order valence-corrected chi connectivity index (χ2v) is 7.38. The highest BCUT2D eigenvalue weighted by Crippen LogP contribution is 2.21. The van der Waals surface area contributed by atoms with E-state index in [0.717, 1.165) is 17.2 Å². The molecule has 8 nitrogen and oxygen atoms in total. The third-order valence-corrected chi connectivity index (χ3v) is 5.29. The molecule has 0 aliphatic carbocycles. The molecular weight excluding hydrogens is 402 g/mol. The fourth-order valence-electron chi connectivity index (χ4n) is 3.17. The van der Waals surface area contributed by atoms with E-state index in [9.17, 15) is 4.79 Å². The molecule has 9 heteroatoms. The molecule has 2 amide bonds. The van der Waals surface area contributed by atoms with Gasteiger partial charge in [-0.2, -0.15) is 0 Å². The highest BCUT2D eigenvalue weighted by Gasteiger charge is 2.22. The van der Waals surface area contributed by atoms with Gasteiger partial charge in [-0.15, -0.1) is 0 Å². The number of anilines is 4. The maximum Gasteiger partial charge on any atom is 0.321 e. The van der Waals surface area contributed by atoms with E-state index in [1.807, 2.05) is 43.3 Å². The lowest BCUT2D eigenvalue weighted by molar-refractivity contribution is 0.208. The second kappa shape index (κ2) is 8.96. The van der Waals surface area contributed by atoms with Crippen LogP contribution in [0.3, 0.4) is 0 Å². The molecule has 1 fully saturated rings. The zero-order valence-corrected chi connectivity index (χ0v) is 17.3. The number of carbonyl (C=O) groups is 1. The van der Waals surface area contributed by atoms with Crippen molar-refractivity contribution in [3.63, 3.8) is 0 Å². The Morgan fingerprint density at radius 2 is 1.83 bits per heavy atom. The molecular formula is C21H22ClN7O. The molecule has 1 aromatic carbocycles. The summed E-state index contributed by atoms with van der Waals surface area (Å²) >= 11 is 6.14. The van der Waals surface area contributed by atoms with E-state index >= 15 is 0 Å². The normalized spacial score (nSPS) is 13.8. The SMILES string of the molecule is Cc1ccc(NC(=O)N2CCN(c3cc(Nc4ccccn4)ncn3)CC2)cc1Cl. The number of hydrogen-bond donors (Lipinski definition) is 2. The molecule has 2 N–H and O–H groups in total. The summed E-state index contributed by atoms with van der Waals surface area (Å²) < 4.78 is 0. The summed E-state index contributed by atoms with van der Waals surface area (Å²) in [6.07, 6.45) is 3.25. The van der Waals surface area contributed by atoms with E-state index in [1.165, 1.54) is 6.33 Å². The Bertz CT molecular complexity index is 1020. The van der Waals surface area contributed by atoms with Crippen molar-refractivity contribution in [2.75, 3.05) is 41.7 Å². The Hall–Kier alpha value is -3.39. The van der Waals surface area contributed by atoms with Gasteiger partial charge < -0.3 is 20.4 Å². The minimum absolute atomic E-state index is 0.130. The maximum absolute atomic E-state index is 12.6. The lowest BCUT2D eigenvalue weighted by Crippen LogP contribution is -2.50. The number of aryl methyl sites for hydroxylation is 1. The van der Waals surface area contributed by atoms with Crippen molar-refractivity contribution >= 4 is 40.8 Å². The van der Waals surface area contributed by atoms with Crippen LogP contribution in [0, 0.1) is 6.92 Å². The van der Waals surface area contributed by atoms with Crippen LogP contribution in [0.2, 0.25) is 5.02 Å². The number of aromatic nitrogens is 3.